The van der Waals surface area contributed by atoms with Crippen LogP contribution in [0.2, 0.25) is 0 Å². The lowest BCUT2D eigenvalue weighted by Gasteiger charge is -2.41. The average Bonchev–Trinajstić information content (AvgIpc) is 3.34. The van der Waals surface area contributed by atoms with Crippen LogP contribution in [0.3, 0.4) is 0 Å². The Kier molecular flexibility index (Phi) is 43.7. The van der Waals surface area contributed by atoms with Crippen molar-refractivity contribution in [1.29, 1.82) is 0 Å². The van der Waals surface area contributed by atoms with E-state index in [9.17, 15) is 35.1 Å². The minimum atomic E-state index is -1.62. The minimum Gasteiger partial charge on any atom is -0.454 e. The molecule has 0 spiro atoms. The van der Waals surface area contributed by atoms with Crippen LogP contribution in [0.5, 0.6) is 0 Å². The molecule has 1 heterocycles. The topological polar surface area (TPSA) is 175 Å². The summed E-state index contributed by atoms with van der Waals surface area (Å²) in [6.07, 6.45) is 44.6. The van der Waals surface area contributed by atoms with Crippen molar-refractivity contribution < 1.29 is 49.3 Å². The zero-order valence-corrected chi connectivity index (χ0v) is 44.2. The lowest BCUT2D eigenvalue weighted by molar-refractivity contribution is -0.305. The number of aliphatic hydroxyl groups excluding tert-OH is 5. The van der Waals surface area contributed by atoms with E-state index in [1.807, 2.05) is 12.2 Å². The first kappa shape index (κ1) is 64.6. The Morgan fingerprint density at radius 1 is 0.565 bits per heavy atom. The van der Waals surface area contributed by atoms with E-state index >= 15 is 0 Å². The fourth-order valence-corrected chi connectivity index (χ4v) is 8.63. The number of nitrogens with one attached hydrogen (secondary N) is 1. The van der Waals surface area contributed by atoms with Crippen molar-refractivity contribution in [3.63, 3.8) is 0 Å². The van der Waals surface area contributed by atoms with E-state index < -0.39 is 67.4 Å². The SMILES string of the molecule is CCCCCC/C=C\CCCCCCCCCC(=O)OC1C(OCC(NC(=O)C(O)C/C=C/C/C=C\CCCCCCCC)C(O)/C=C/CCCCCCCCCCCCC)OC(CO)C(O)C1O. The first-order chi connectivity index (χ1) is 33.7. The van der Waals surface area contributed by atoms with Gasteiger partial charge in [0.25, 0.3) is 0 Å². The van der Waals surface area contributed by atoms with Gasteiger partial charge in [0, 0.05) is 12.8 Å². The maximum Gasteiger partial charge on any atom is 0.306 e. The Bertz CT molecular complexity index is 1300. The molecule has 1 saturated heterocycles. The third kappa shape index (κ3) is 35.4. The highest BCUT2D eigenvalue weighted by atomic mass is 16.7. The van der Waals surface area contributed by atoms with Gasteiger partial charge in [0.2, 0.25) is 5.91 Å². The molecule has 8 unspecified atom stereocenters. The van der Waals surface area contributed by atoms with E-state index in [1.165, 1.54) is 141 Å². The smallest absolute Gasteiger partial charge is 0.306 e. The van der Waals surface area contributed by atoms with Crippen molar-refractivity contribution in [3.05, 3.63) is 48.6 Å². The van der Waals surface area contributed by atoms with Crippen LogP contribution in [-0.2, 0) is 23.8 Å². The monoisotopic (exact) mass is 976 g/mol. The second-order valence-corrected chi connectivity index (χ2v) is 19.7. The Hall–Kier alpha value is -2.38. The first-order valence-corrected chi connectivity index (χ1v) is 28.4. The molecule has 1 aliphatic rings. The minimum absolute atomic E-state index is 0.0820. The number of esters is 1. The molecule has 69 heavy (non-hydrogen) atoms. The van der Waals surface area contributed by atoms with Crippen LogP contribution in [-0.4, -0.2) is 99.6 Å². The predicted molar refractivity (Wildman–Crippen MR) is 283 cm³/mol. The van der Waals surface area contributed by atoms with Gasteiger partial charge in [0.1, 0.15) is 24.4 Å². The van der Waals surface area contributed by atoms with Gasteiger partial charge in [-0.15, -0.1) is 0 Å². The number of ether oxygens (including phenoxy) is 3. The standard InChI is InChI=1S/C58H105NO10/c1-4-7-10-13-16-19-22-25-26-28-31-34-37-40-43-46-53(63)69-56-55(65)54(64)52(47-60)68-58(56)67-48-49(50(61)44-41-38-35-32-30-27-23-20-17-14-11-8-5-2)59-57(66)51(62)45-42-39-36-33-29-24-21-18-15-12-9-6-3/h19,22,29,33,39,41-42,44,49-52,54-56,58,60-62,64-65H,4-18,20-21,23-28,30-32,34-38,40,43,45-48H2,1-3H3,(H,59,66)/b22-19-,33-29-,42-39+,44-41+. The van der Waals surface area contributed by atoms with Gasteiger partial charge in [0.15, 0.2) is 12.4 Å². The first-order valence-electron chi connectivity index (χ1n) is 28.4. The molecule has 402 valence electrons. The van der Waals surface area contributed by atoms with Crippen molar-refractivity contribution in [2.24, 2.45) is 0 Å². The molecular weight excluding hydrogens is 871 g/mol. The summed E-state index contributed by atoms with van der Waals surface area (Å²) >= 11 is 0. The highest BCUT2D eigenvalue weighted by molar-refractivity contribution is 5.81. The number of amides is 1. The maximum atomic E-state index is 13.3. The summed E-state index contributed by atoms with van der Waals surface area (Å²) < 4.78 is 17.5. The van der Waals surface area contributed by atoms with Crippen LogP contribution in [0, 0.1) is 0 Å². The highest BCUT2D eigenvalue weighted by Crippen LogP contribution is 2.26. The molecule has 11 nitrogen and oxygen atoms in total. The number of carbonyl (C=O) groups is 2. The van der Waals surface area contributed by atoms with Crippen LogP contribution < -0.4 is 5.32 Å². The molecule has 1 fully saturated rings. The summed E-state index contributed by atoms with van der Waals surface area (Å²) in [4.78, 5) is 26.4. The van der Waals surface area contributed by atoms with Crippen molar-refractivity contribution in [2.75, 3.05) is 13.2 Å². The van der Waals surface area contributed by atoms with E-state index in [1.54, 1.807) is 12.2 Å². The normalized spacial score (nSPS) is 20.1. The van der Waals surface area contributed by atoms with Crippen LogP contribution >= 0.6 is 0 Å². The second-order valence-electron chi connectivity index (χ2n) is 19.7. The number of rotatable bonds is 47. The van der Waals surface area contributed by atoms with E-state index in [2.05, 4.69) is 50.4 Å². The lowest BCUT2D eigenvalue weighted by Crippen LogP contribution is -2.61. The van der Waals surface area contributed by atoms with Crippen molar-refractivity contribution in [1.82, 2.24) is 5.32 Å². The molecule has 1 amide bonds. The van der Waals surface area contributed by atoms with E-state index in [0.717, 1.165) is 57.8 Å². The summed E-state index contributed by atoms with van der Waals surface area (Å²) in [5.41, 5.74) is 0. The summed E-state index contributed by atoms with van der Waals surface area (Å²) in [5, 5.41) is 56.6. The largest absolute Gasteiger partial charge is 0.454 e. The van der Waals surface area contributed by atoms with Gasteiger partial charge in [-0.2, -0.15) is 0 Å². The summed E-state index contributed by atoms with van der Waals surface area (Å²) in [7, 11) is 0. The number of hydrogen-bond donors (Lipinski definition) is 6. The van der Waals surface area contributed by atoms with Gasteiger partial charge in [-0.25, -0.2) is 0 Å². The highest BCUT2D eigenvalue weighted by Gasteiger charge is 2.47. The maximum absolute atomic E-state index is 13.3. The molecule has 0 aromatic carbocycles. The molecule has 1 aliphatic heterocycles. The predicted octanol–water partition coefficient (Wildman–Crippen LogP) is 12.5. The molecular formula is C58H105NO10. The Labute approximate surface area is 421 Å². The van der Waals surface area contributed by atoms with Gasteiger partial charge in [-0.1, -0.05) is 217 Å². The van der Waals surface area contributed by atoms with Gasteiger partial charge in [-0.05, 0) is 64.2 Å². The zero-order chi connectivity index (χ0) is 50.4. The van der Waals surface area contributed by atoms with Crippen LogP contribution in [0.25, 0.3) is 0 Å². The number of carbonyl (C=O) groups excluding carboxylic acids is 2. The number of unbranched alkanes of at least 4 members (excludes halogenated alkanes) is 28. The van der Waals surface area contributed by atoms with Gasteiger partial charge in [-0.3, -0.25) is 9.59 Å². The molecule has 0 bridgehead atoms. The second kappa shape index (κ2) is 46.7. The summed E-state index contributed by atoms with van der Waals surface area (Å²) in [5.74, 6) is -1.27. The molecule has 0 saturated carbocycles. The third-order valence-corrected chi connectivity index (χ3v) is 13.2. The van der Waals surface area contributed by atoms with Crippen molar-refractivity contribution in [2.45, 2.75) is 294 Å². The quantitative estimate of drug-likeness (QED) is 0.0196. The van der Waals surface area contributed by atoms with Gasteiger partial charge >= 0.3 is 5.97 Å². The zero-order valence-electron chi connectivity index (χ0n) is 44.2. The third-order valence-electron chi connectivity index (χ3n) is 13.2. The Morgan fingerprint density at radius 3 is 1.51 bits per heavy atom. The number of hydrogen-bond acceptors (Lipinski definition) is 10. The molecule has 11 heteroatoms. The van der Waals surface area contributed by atoms with Crippen LogP contribution in [0.1, 0.15) is 245 Å². The van der Waals surface area contributed by atoms with Gasteiger partial charge < -0.3 is 45.1 Å². The molecule has 0 radical (unpaired) electrons. The lowest BCUT2D eigenvalue weighted by atomic mass is 9.99. The van der Waals surface area contributed by atoms with Crippen LogP contribution in [0.15, 0.2) is 48.6 Å². The summed E-state index contributed by atoms with van der Waals surface area (Å²) in [6.45, 7) is 5.71. The molecule has 8 atom stereocenters. The fraction of sp³-hybridized carbons (Fsp3) is 0.828. The molecule has 0 aromatic heterocycles. The molecule has 0 aliphatic carbocycles. The molecule has 1 rings (SSSR count). The van der Waals surface area contributed by atoms with E-state index in [-0.39, 0.29) is 19.4 Å². The van der Waals surface area contributed by atoms with Gasteiger partial charge in [0.05, 0.1) is 25.4 Å². The summed E-state index contributed by atoms with van der Waals surface area (Å²) in [6, 6.07) is -1.05. The van der Waals surface area contributed by atoms with Crippen molar-refractivity contribution >= 4 is 11.9 Å². The van der Waals surface area contributed by atoms with E-state index in [4.69, 9.17) is 14.2 Å². The van der Waals surface area contributed by atoms with E-state index in [0.29, 0.717) is 12.8 Å². The Morgan fingerprint density at radius 2 is 1.00 bits per heavy atom. The average molecular weight is 976 g/mol. The number of aliphatic hydroxyl groups is 5. The Balaban J connectivity index is 2.78. The molecule has 6 N–H and O–H groups in total. The van der Waals surface area contributed by atoms with Crippen LogP contribution in [0.4, 0.5) is 0 Å². The molecule has 0 aromatic rings. The number of allylic oxidation sites excluding steroid dienone is 6. The van der Waals surface area contributed by atoms with Crippen molar-refractivity contribution in [3.8, 4) is 0 Å². The fourth-order valence-electron chi connectivity index (χ4n) is 8.63.